The predicted octanol–water partition coefficient (Wildman–Crippen LogP) is 5.71. The number of nitrogens with zero attached hydrogens (tertiary/aromatic N) is 3. The van der Waals surface area contributed by atoms with Gasteiger partial charge in [0.15, 0.2) is 11.8 Å². The maximum atomic E-state index is 15.2. The van der Waals surface area contributed by atoms with Gasteiger partial charge in [-0.1, -0.05) is 44.0 Å². The zero-order valence-electron chi connectivity index (χ0n) is 26.2. The monoisotopic (exact) mass is 634 g/mol. The molecule has 9 nitrogen and oxygen atoms in total. The highest BCUT2D eigenvalue weighted by Crippen LogP contribution is 2.32. The molecular formula is C34H44ClFN8O. The van der Waals surface area contributed by atoms with Gasteiger partial charge in [0, 0.05) is 35.3 Å². The van der Waals surface area contributed by atoms with E-state index in [-0.39, 0.29) is 29.1 Å². The van der Waals surface area contributed by atoms with Crippen LogP contribution in [0.5, 0.6) is 0 Å². The first-order chi connectivity index (χ1) is 21.5. The molecule has 1 unspecified atom stereocenters. The number of nitrogens with one attached hydrogen (secondary N) is 2. The standard InChI is InChI=1S/C34H44ClFN8O/c1-19(2)29(42-33(38)39)17-24-8-5-9-28(40-24)22-10-12-25(13-11-22)44-18-23-16-30(41-32(23)43-34(44)45)26-14-21(7-4-6-20(3)37)15-27(35)31(26)36/h10-16,18-20,24,28-29,40H,4-9,17,37H2,1-3H3,(H4,38,39,42)(H,41,43,45)/t20-,24-,28-,29?/m0/s1. The zero-order chi connectivity index (χ0) is 32.2. The fraction of sp³-hybridized carbons (Fsp3) is 0.441. The average molecular weight is 635 g/mol. The third-order valence-electron chi connectivity index (χ3n) is 8.68. The van der Waals surface area contributed by atoms with Gasteiger partial charge in [0.05, 0.1) is 22.4 Å². The Bertz CT molecular complexity index is 1710. The number of fused-ring (bicyclic) bond motifs is 1. The number of halogens is 2. The van der Waals surface area contributed by atoms with Crippen LogP contribution in [-0.4, -0.2) is 38.6 Å². The fourth-order valence-corrected chi connectivity index (χ4v) is 6.47. The van der Waals surface area contributed by atoms with Gasteiger partial charge >= 0.3 is 5.69 Å². The number of rotatable bonds is 11. The largest absolute Gasteiger partial charge is 0.370 e. The van der Waals surface area contributed by atoms with Crippen molar-refractivity contribution < 1.29 is 4.39 Å². The molecule has 5 rings (SSSR count). The Labute approximate surface area is 268 Å². The molecule has 0 bridgehead atoms. The summed E-state index contributed by atoms with van der Waals surface area (Å²) in [6, 6.07) is 13.9. The molecule has 2 aromatic heterocycles. The minimum atomic E-state index is -0.514. The van der Waals surface area contributed by atoms with Crippen molar-refractivity contribution in [2.24, 2.45) is 28.1 Å². The van der Waals surface area contributed by atoms with Crippen LogP contribution in [0.3, 0.4) is 0 Å². The Hall–Kier alpha value is -3.73. The number of aromatic nitrogens is 3. The quantitative estimate of drug-likeness (QED) is 0.105. The normalized spacial score (nSPS) is 18.3. The predicted molar refractivity (Wildman–Crippen MR) is 181 cm³/mol. The van der Waals surface area contributed by atoms with Gasteiger partial charge in [0.1, 0.15) is 5.65 Å². The molecule has 0 amide bonds. The van der Waals surface area contributed by atoms with Gasteiger partial charge in [-0.25, -0.2) is 14.2 Å². The molecule has 11 heteroatoms. The average Bonchev–Trinajstić information content (AvgIpc) is 3.40. The summed E-state index contributed by atoms with van der Waals surface area (Å²) in [5.74, 6) is -0.0455. The third kappa shape index (κ3) is 7.92. The van der Waals surface area contributed by atoms with Gasteiger partial charge in [-0.15, -0.1) is 0 Å². The van der Waals surface area contributed by atoms with Crippen LogP contribution in [0, 0.1) is 11.7 Å². The van der Waals surface area contributed by atoms with Crippen molar-refractivity contribution >= 4 is 28.6 Å². The molecule has 3 heterocycles. The first-order valence-corrected chi connectivity index (χ1v) is 16.2. The molecule has 1 saturated heterocycles. The van der Waals surface area contributed by atoms with Crippen LogP contribution in [0.15, 0.2) is 58.4 Å². The van der Waals surface area contributed by atoms with E-state index in [2.05, 4.69) is 46.3 Å². The van der Waals surface area contributed by atoms with Crippen molar-refractivity contribution in [2.75, 3.05) is 0 Å². The van der Waals surface area contributed by atoms with E-state index >= 15 is 4.39 Å². The van der Waals surface area contributed by atoms with Gasteiger partial charge in [0.25, 0.3) is 0 Å². The van der Waals surface area contributed by atoms with Gasteiger partial charge in [-0.2, -0.15) is 4.98 Å². The van der Waals surface area contributed by atoms with Crippen molar-refractivity contribution in [1.82, 2.24) is 19.9 Å². The summed E-state index contributed by atoms with van der Waals surface area (Å²) < 4.78 is 16.7. The number of guanidine groups is 1. The van der Waals surface area contributed by atoms with Gasteiger partial charge in [0.2, 0.25) is 0 Å². The van der Waals surface area contributed by atoms with Crippen molar-refractivity contribution in [1.29, 1.82) is 0 Å². The molecule has 0 spiro atoms. The van der Waals surface area contributed by atoms with Crippen LogP contribution in [0.1, 0.15) is 76.5 Å². The summed E-state index contributed by atoms with van der Waals surface area (Å²) in [4.78, 5) is 24.9. The molecule has 240 valence electrons. The second-order valence-electron chi connectivity index (χ2n) is 12.7. The molecule has 45 heavy (non-hydrogen) atoms. The minimum absolute atomic E-state index is 0.0573. The Kier molecular flexibility index (Phi) is 10.3. The Morgan fingerprint density at radius 1 is 1.16 bits per heavy atom. The van der Waals surface area contributed by atoms with Crippen LogP contribution in [0.4, 0.5) is 4.39 Å². The van der Waals surface area contributed by atoms with E-state index in [0.29, 0.717) is 39.9 Å². The van der Waals surface area contributed by atoms with Crippen LogP contribution in [0.2, 0.25) is 5.02 Å². The summed E-state index contributed by atoms with van der Waals surface area (Å²) >= 11 is 6.27. The number of aryl methyl sites for hydroxylation is 1. The van der Waals surface area contributed by atoms with E-state index in [4.69, 9.17) is 28.8 Å². The molecule has 4 atom stereocenters. The lowest BCUT2D eigenvalue weighted by Crippen LogP contribution is -2.40. The molecule has 1 aliphatic heterocycles. The maximum absolute atomic E-state index is 15.2. The molecular weight excluding hydrogens is 591 g/mol. The molecule has 4 aromatic rings. The van der Waals surface area contributed by atoms with Crippen LogP contribution in [-0.2, 0) is 6.42 Å². The van der Waals surface area contributed by atoms with E-state index in [1.165, 1.54) is 4.57 Å². The van der Waals surface area contributed by atoms with Crippen LogP contribution in [0.25, 0.3) is 28.0 Å². The molecule has 0 radical (unpaired) electrons. The minimum Gasteiger partial charge on any atom is -0.370 e. The first-order valence-electron chi connectivity index (χ1n) is 15.8. The van der Waals surface area contributed by atoms with Crippen molar-refractivity contribution in [3.8, 4) is 16.9 Å². The SMILES string of the molecule is CC(C)C(C[C@@H]1CCC[C@@H](c2ccc(-n3cc4cc(-c5cc(CCC[C@H](C)N)cc(Cl)c5F)[nH]c4nc3=O)cc2)N1)N=C(N)N. The Morgan fingerprint density at radius 2 is 1.91 bits per heavy atom. The van der Waals surface area contributed by atoms with Gasteiger partial charge in [-0.3, -0.25) is 4.57 Å². The maximum Gasteiger partial charge on any atom is 0.354 e. The van der Waals surface area contributed by atoms with Crippen molar-refractivity contribution in [2.45, 2.75) is 89.9 Å². The summed E-state index contributed by atoms with van der Waals surface area (Å²) in [5.41, 5.74) is 20.8. The summed E-state index contributed by atoms with van der Waals surface area (Å²) in [7, 11) is 0. The summed E-state index contributed by atoms with van der Waals surface area (Å²) in [6.45, 7) is 6.24. The number of hydrogen-bond acceptors (Lipinski definition) is 5. The lowest BCUT2D eigenvalue weighted by Gasteiger charge is -2.33. The smallest absolute Gasteiger partial charge is 0.354 e. The molecule has 0 aliphatic carbocycles. The Balaban J connectivity index is 1.35. The van der Waals surface area contributed by atoms with E-state index in [1.807, 2.05) is 19.1 Å². The Morgan fingerprint density at radius 3 is 2.60 bits per heavy atom. The number of aromatic amines is 1. The van der Waals surface area contributed by atoms with E-state index in [0.717, 1.165) is 56.1 Å². The van der Waals surface area contributed by atoms with E-state index in [9.17, 15) is 4.79 Å². The van der Waals surface area contributed by atoms with Crippen molar-refractivity contribution in [3.63, 3.8) is 0 Å². The number of piperidine rings is 1. The third-order valence-corrected chi connectivity index (χ3v) is 8.95. The number of benzene rings is 2. The lowest BCUT2D eigenvalue weighted by atomic mass is 9.88. The molecule has 2 aromatic carbocycles. The van der Waals surface area contributed by atoms with E-state index in [1.54, 1.807) is 24.4 Å². The number of H-pyrrole nitrogens is 1. The van der Waals surface area contributed by atoms with Crippen molar-refractivity contribution in [3.05, 3.63) is 81.1 Å². The topological polar surface area (TPSA) is 153 Å². The number of nitrogens with two attached hydrogens (primary N) is 3. The lowest BCUT2D eigenvalue weighted by molar-refractivity contribution is 0.283. The molecule has 1 fully saturated rings. The number of aliphatic imine (C=N–C) groups is 1. The second kappa shape index (κ2) is 14.1. The number of hydrogen-bond donors (Lipinski definition) is 5. The summed E-state index contributed by atoms with van der Waals surface area (Å²) in [5, 5.41) is 4.53. The second-order valence-corrected chi connectivity index (χ2v) is 13.1. The first kappa shape index (κ1) is 32.7. The van der Waals surface area contributed by atoms with Gasteiger partial charge in [-0.05, 0) is 92.8 Å². The highest BCUT2D eigenvalue weighted by molar-refractivity contribution is 6.31. The van der Waals surface area contributed by atoms with Crippen LogP contribution >= 0.6 is 11.6 Å². The highest BCUT2D eigenvalue weighted by atomic mass is 35.5. The fourth-order valence-electron chi connectivity index (χ4n) is 6.23. The zero-order valence-corrected chi connectivity index (χ0v) is 26.9. The summed E-state index contributed by atoms with van der Waals surface area (Å²) in [6.07, 6.45) is 8.29. The molecule has 1 aliphatic rings. The molecule has 0 saturated carbocycles. The van der Waals surface area contributed by atoms with E-state index < -0.39 is 11.5 Å². The molecule has 8 N–H and O–H groups in total. The van der Waals surface area contributed by atoms with Crippen LogP contribution < -0.4 is 28.2 Å². The highest BCUT2D eigenvalue weighted by Gasteiger charge is 2.26. The van der Waals surface area contributed by atoms with Gasteiger partial charge < -0.3 is 27.5 Å².